The average molecular weight is 433 g/mol. The number of nitro benzene ring substituents is 1. The van der Waals surface area contributed by atoms with E-state index in [0.29, 0.717) is 13.1 Å². The number of nitrogen functional groups attached to an aromatic ring is 1. The van der Waals surface area contributed by atoms with Crippen molar-refractivity contribution in [1.29, 1.82) is 0 Å². The molecule has 11 heteroatoms. The fraction of sp³-hybridized carbons (Fsp3) is 0.263. The van der Waals surface area contributed by atoms with E-state index in [9.17, 15) is 28.1 Å². The maximum absolute atomic E-state index is 12.5. The number of nitrogens with zero attached hydrogens (tertiary/aromatic N) is 2. The van der Waals surface area contributed by atoms with Gasteiger partial charge < -0.3 is 10.5 Å². The van der Waals surface area contributed by atoms with E-state index in [1.807, 2.05) is 0 Å². The number of Topliss-reactive ketones (excluding diaryl/α,β-unsaturated/α-hetero) is 1. The van der Waals surface area contributed by atoms with E-state index in [0.717, 1.165) is 18.9 Å². The van der Waals surface area contributed by atoms with Gasteiger partial charge in [-0.25, -0.2) is 13.2 Å². The Balaban J connectivity index is 1.64. The number of nitrogens with two attached hydrogens (primary N) is 1. The van der Waals surface area contributed by atoms with Crippen LogP contribution in [0.4, 0.5) is 11.4 Å². The second kappa shape index (κ2) is 8.59. The van der Waals surface area contributed by atoms with Crippen LogP contribution < -0.4 is 5.73 Å². The van der Waals surface area contributed by atoms with Crippen molar-refractivity contribution in [2.45, 2.75) is 17.7 Å². The summed E-state index contributed by atoms with van der Waals surface area (Å²) in [5.74, 6) is -1.46. The minimum Gasteiger partial charge on any atom is -0.454 e. The van der Waals surface area contributed by atoms with Crippen molar-refractivity contribution in [2.75, 3.05) is 25.4 Å². The van der Waals surface area contributed by atoms with Gasteiger partial charge in [-0.1, -0.05) is 0 Å². The van der Waals surface area contributed by atoms with Gasteiger partial charge in [0.1, 0.15) is 5.69 Å². The zero-order chi connectivity index (χ0) is 21.9. The molecule has 10 nitrogen and oxygen atoms in total. The van der Waals surface area contributed by atoms with Crippen molar-refractivity contribution in [2.24, 2.45) is 0 Å². The predicted molar refractivity (Wildman–Crippen MR) is 107 cm³/mol. The van der Waals surface area contributed by atoms with Crippen molar-refractivity contribution < 1.29 is 27.7 Å². The standard InChI is InChI=1S/C19H19N3O7S/c20-16-8-5-14(11-17(16)22(25)26)19(24)29-12-18(23)13-3-6-15(7-4-13)30(27,28)21-9-1-2-10-21/h3-8,11H,1-2,9-10,12,20H2. The molecule has 1 aliphatic rings. The quantitative estimate of drug-likeness (QED) is 0.229. The summed E-state index contributed by atoms with van der Waals surface area (Å²) in [7, 11) is -3.59. The van der Waals surface area contributed by atoms with E-state index >= 15 is 0 Å². The summed E-state index contributed by atoms with van der Waals surface area (Å²) in [5.41, 5.74) is 5.00. The third-order valence-electron chi connectivity index (χ3n) is 4.68. The van der Waals surface area contributed by atoms with Crippen LogP contribution in [-0.4, -0.2) is 49.1 Å². The minimum absolute atomic E-state index is 0.0899. The van der Waals surface area contributed by atoms with Crippen LogP contribution in [0.2, 0.25) is 0 Å². The van der Waals surface area contributed by atoms with Crippen molar-refractivity contribution in [1.82, 2.24) is 4.31 Å². The third-order valence-corrected chi connectivity index (χ3v) is 6.59. The van der Waals surface area contributed by atoms with Crippen molar-refractivity contribution in [3.8, 4) is 0 Å². The molecule has 2 aromatic rings. The normalized spacial score (nSPS) is 14.4. The maximum Gasteiger partial charge on any atom is 0.338 e. The summed E-state index contributed by atoms with van der Waals surface area (Å²) in [6, 6.07) is 8.82. The third kappa shape index (κ3) is 4.47. The summed E-state index contributed by atoms with van der Waals surface area (Å²) < 4.78 is 31.3. The monoisotopic (exact) mass is 433 g/mol. The number of nitro groups is 1. The lowest BCUT2D eigenvalue weighted by atomic mass is 10.1. The van der Waals surface area contributed by atoms with E-state index in [4.69, 9.17) is 10.5 Å². The van der Waals surface area contributed by atoms with Gasteiger partial charge >= 0.3 is 5.97 Å². The molecule has 2 N–H and O–H groups in total. The molecule has 1 fully saturated rings. The zero-order valence-corrected chi connectivity index (χ0v) is 16.6. The maximum atomic E-state index is 12.5. The number of anilines is 1. The molecule has 0 bridgehead atoms. The van der Waals surface area contributed by atoms with Gasteiger partial charge in [0.05, 0.1) is 15.4 Å². The molecule has 0 aliphatic carbocycles. The highest BCUT2D eigenvalue weighted by molar-refractivity contribution is 7.89. The molecule has 0 saturated carbocycles. The topological polar surface area (TPSA) is 150 Å². The van der Waals surface area contributed by atoms with E-state index in [1.54, 1.807) is 0 Å². The Kier molecular flexibility index (Phi) is 6.13. The van der Waals surface area contributed by atoms with Gasteiger partial charge in [-0.3, -0.25) is 14.9 Å². The van der Waals surface area contributed by atoms with Crippen molar-refractivity contribution in [3.05, 3.63) is 63.7 Å². The van der Waals surface area contributed by atoms with Crippen molar-refractivity contribution in [3.63, 3.8) is 0 Å². The molecule has 0 amide bonds. The van der Waals surface area contributed by atoms with Crippen LogP contribution in [0.25, 0.3) is 0 Å². The summed E-state index contributed by atoms with van der Waals surface area (Å²) in [6.45, 7) is 0.347. The predicted octanol–water partition coefficient (Wildman–Crippen LogP) is 2.00. The second-order valence-electron chi connectivity index (χ2n) is 6.67. The Bertz CT molecular complexity index is 1090. The molecule has 1 heterocycles. The number of carbonyl (C=O) groups is 2. The van der Waals surface area contributed by atoms with Crippen LogP contribution in [0.15, 0.2) is 47.4 Å². The van der Waals surface area contributed by atoms with Crippen LogP contribution in [-0.2, 0) is 14.8 Å². The van der Waals surface area contributed by atoms with Gasteiger partial charge in [0.2, 0.25) is 10.0 Å². The van der Waals surface area contributed by atoms with Crippen LogP contribution in [0.3, 0.4) is 0 Å². The molecule has 158 valence electrons. The molecular weight excluding hydrogens is 414 g/mol. The average Bonchev–Trinajstić information content (AvgIpc) is 3.28. The first-order chi connectivity index (χ1) is 14.2. The van der Waals surface area contributed by atoms with Crippen LogP contribution in [0, 0.1) is 10.1 Å². The smallest absolute Gasteiger partial charge is 0.338 e. The number of carbonyl (C=O) groups excluding carboxylic acids is 2. The second-order valence-corrected chi connectivity index (χ2v) is 8.60. The molecule has 1 aliphatic heterocycles. The molecule has 0 radical (unpaired) electrons. The van der Waals surface area contributed by atoms with Gasteiger partial charge in [0.25, 0.3) is 5.69 Å². The summed E-state index contributed by atoms with van der Waals surface area (Å²) in [4.78, 5) is 34.6. The van der Waals surface area contributed by atoms with E-state index in [1.165, 1.54) is 40.7 Å². The molecule has 0 aromatic heterocycles. The van der Waals surface area contributed by atoms with E-state index in [-0.39, 0.29) is 21.7 Å². The number of benzene rings is 2. The summed E-state index contributed by atoms with van der Waals surface area (Å²) in [5, 5.41) is 10.9. The zero-order valence-electron chi connectivity index (χ0n) is 15.8. The largest absolute Gasteiger partial charge is 0.454 e. The molecule has 30 heavy (non-hydrogen) atoms. The van der Waals surface area contributed by atoms with Crippen LogP contribution in [0.1, 0.15) is 33.6 Å². The highest BCUT2D eigenvalue weighted by Crippen LogP contribution is 2.23. The molecule has 3 rings (SSSR count). The Morgan fingerprint density at radius 3 is 2.27 bits per heavy atom. The Morgan fingerprint density at radius 1 is 1.07 bits per heavy atom. The van der Waals surface area contributed by atoms with Gasteiger partial charge in [-0.15, -0.1) is 0 Å². The Morgan fingerprint density at radius 2 is 1.67 bits per heavy atom. The molecule has 0 unspecified atom stereocenters. The fourth-order valence-electron chi connectivity index (χ4n) is 3.02. The number of ether oxygens (including phenoxy) is 1. The Hall–Kier alpha value is -3.31. The summed E-state index contributed by atoms with van der Waals surface area (Å²) >= 11 is 0. The number of ketones is 1. The first-order valence-electron chi connectivity index (χ1n) is 9.04. The molecule has 2 aromatic carbocycles. The molecule has 0 atom stereocenters. The molecule has 0 spiro atoms. The Labute approximate surface area is 172 Å². The SMILES string of the molecule is Nc1ccc(C(=O)OCC(=O)c2ccc(S(=O)(=O)N3CCCC3)cc2)cc1[N+](=O)[O-]. The number of hydrogen-bond donors (Lipinski definition) is 1. The number of hydrogen-bond acceptors (Lipinski definition) is 8. The van der Waals surface area contributed by atoms with Gasteiger partial charge in [-0.05, 0) is 49.2 Å². The van der Waals surface area contributed by atoms with Gasteiger partial charge in [-0.2, -0.15) is 4.31 Å². The minimum atomic E-state index is -3.59. The lowest BCUT2D eigenvalue weighted by molar-refractivity contribution is -0.383. The van der Waals surface area contributed by atoms with Crippen LogP contribution >= 0.6 is 0 Å². The first kappa shape index (κ1) is 21.4. The lowest BCUT2D eigenvalue weighted by Gasteiger charge is -2.15. The highest BCUT2D eigenvalue weighted by atomic mass is 32.2. The van der Waals surface area contributed by atoms with E-state index < -0.39 is 39.0 Å². The number of rotatable bonds is 7. The lowest BCUT2D eigenvalue weighted by Crippen LogP contribution is -2.27. The van der Waals surface area contributed by atoms with Crippen molar-refractivity contribution >= 4 is 33.2 Å². The summed E-state index contributed by atoms with van der Waals surface area (Å²) in [6.07, 6.45) is 1.64. The first-order valence-corrected chi connectivity index (χ1v) is 10.5. The number of esters is 1. The highest BCUT2D eigenvalue weighted by Gasteiger charge is 2.27. The van der Waals surface area contributed by atoms with Crippen LogP contribution in [0.5, 0.6) is 0 Å². The fourth-order valence-corrected chi connectivity index (χ4v) is 4.53. The van der Waals surface area contributed by atoms with E-state index in [2.05, 4.69) is 0 Å². The number of sulfonamides is 1. The molecule has 1 saturated heterocycles. The molecular formula is C19H19N3O7S. The van der Waals surface area contributed by atoms with Gasteiger partial charge in [0, 0.05) is 24.7 Å². The van der Waals surface area contributed by atoms with Gasteiger partial charge in [0.15, 0.2) is 12.4 Å².